The van der Waals surface area contributed by atoms with Gasteiger partial charge in [-0.3, -0.25) is 0 Å². The summed E-state index contributed by atoms with van der Waals surface area (Å²) in [6.45, 7) is 20.1. The van der Waals surface area contributed by atoms with Gasteiger partial charge in [0.2, 0.25) is 0 Å². The van der Waals surface area contributed by atoms with Gasteiger partial charge in [-0.15, -0.1) is 13.2 Å². The predicted molar refractivity (Wildman–Crippen MR) is 104 cm³/mol. The van der Waals surface area contributed by atoms with Crippen LogP contribution in [0.15, 0.2) is 25.3 Å². The zero-order valence-electron chi connectivity index (χ0n) is 16.7. The van der Waals surface area contributed by atoms with Crippen LogP contribution in [0.25, 0.3) is 0 Å². The lowest BCUT2D eigenvalue weighted by molar-refractivity contribution is -0.119. The second-order valence-corrected chi connectivity index (χ2v) is 8.00. The first-order chi connectivity index (χ1) is 11.1. The predicted octanol–water partition coefficient (Wildman–Crippen LogP) is 5.87. The van der Waals surface area contributed by atoms with E-state index < -0.39 is 0 Å². The zero-order chi connectivity index (χ0) is 18.9. The summed E-state index contributed by atoms with van der Waals surface area (Å²) in [7, 11) is 0. The van der Waals surface area contributed by atoms with Gasteiger partial charge in [0.15, 0.2) is 0 Å². The van der Waals surface area contributed by atoms with Gasteiger partial charge in [-0.05, 0) is 62.2 Å². The lowest BCUT2D eigenvalue weighted by atomic mass is 9.73. The Kier molecular flexibility index (Phi) is 10.8. The molecule has 0 spiro atoms. The molecule has 0 rings (SSSR count). The molecule has 0 amide bonds. The molecular weight excluding hydrogens is 296 g/mol. The van der Waals surface area contributed by atoms with E-state index in [0.717, 1.165) is 12.8 Å². The van der Waals surface area contributed by atoms with Crippen molar-refractivity contribution in [3.05, 3.63) is 25.3 Å². The van der Waals surface area contributed by atoms with Gasteiger partial charge >= 0.3 is 0 Å². The number of carbonyl (C=O) groups excluding carboxylic acids is 2. The van der Waals surface area contributed by atoms with E-state index in [4.69, 9.17) is 0 Å². The fourth-order valence-electron chi connectivity index (χ4n) is 3.83. The molecule has 0 fully saturated rings. The fourth-order valence-corrected chi connectivity index (χ4v) is 3.83. The third-order valence-electron chi connectivity index (χ3n) is 5.30. The molecule has 0 heterocycles. The Morgan fingerprint density at radius 1 is 0.750 bits per heavy atom. The fraction of sp³-hybridized carbons (Fsp3) is 0.727. The van der Waals surface area contributed by atoms with Crippen molar-refractivity contribution in [3.63, 3.8) is 0 Å². The molecule has 0 aliphatic heterocycles. The van der Waals surface area contributed by atoms with Gasteiger partial charge in [-0.25, -0.2) is 0 Å². The van der Waals surface area contributed by atoms with Gasteiger partial charge in [0, 0.05) is 12.8 Å². The third kappa shape index (κ3) is 8.08. The van der Waals surface area contributed by atoms with Gasteiger partial charge < -0.3 is 9.59 Å². The Bertz CT molecular complexity index is 380. The molecular formula is C22H38O2. The highest BCUT2D eigenvalue weighted by Gasteiger charge is 2.27. The minimum absolute atomic E-state index is 0.248. The largest absolute Gasteiger partial charge is 0.300 e. The van der Waals surface area contributed by atoms with Crippen LogP contribution in [0.4, 0.5) is 0 Å². The Labute approximate surface area is 149 Å². The van der Waals surface area contributed by atoms with Crippen LogP contribution in [-0.2, 0) is 9.59 Å². The minimum atomic E-state index is 0.248. The molecule has 2 nitrogen and oxygen atoms in total. The average molecular weight is 335 g/mol. The Morgan fingerprint density at radius 3 is 1.21 bits per heavy atom. The van der Waals surface area contributed by atoms with Crippen LogP contribution in [0.5, 0.6) is 0 Å². The highest BCUT2D eigenvalue weighted by Crippen LogP contribution is 2.34. The van der Waals surface area contributed by atoms with Gasteiger partial charge in [0.25, 0.3) is 0 Å². The summed E-state index contributed by atoms with van der Waals surface area (Å²) in [5, 5.41) is 0. The number of carbonyl (C=O) groups is 2. The average Bonchev–Trinajstić information content (AvgIpc) is 2.47. The molecule has 0 aromatic carbocycles. The van der Waals surface area contributed by atoms with Crippen LogP contribution >= 0.6 is 0 Å². The van der Waals surface area contributed by atoms with Gasteiger partial charge in [-0.2, -0.15) is 0 Å². The first-order valence-electron chi connectivity index (χ1n) is 9.37. The molecule has 0 aromatic heterocycles. The quantitative estimate of drug-likeness (QED) is 0.394. The molecule has 0 radical (unpaired) electrons. The van der Waals surface area contributed by atoms with E-state index in [2.05, 4.69) is 40.9 Å². The Hall–Kier alpha value is -1.18. The summed E-state index contributed by atoms with van der Waals surface area (Å²) in [6.07, 6.45) is 7.27. The third-order valence-corrected chi connectivity index (χ3v) is 5.30. The summed E-state index contributed by atoms with van der Waals surface area (Å²) in [4.78, 5) is 23.2. The molecule has 24 heavy (non-hydrogen) atoms. The van der Waals surface area contributed by atoms with Gasteiger partial charge in [0.05, 0.1) is 0 Å². The maximum absolute atomic E-state index is 11.6. The molecule has 0 bridgehead atoms. The number of Topliss-reactive ketones (excluding diaryl/α,β-unsaturated/α-hetero) is 2. The molecule has 4 atom stereocenters. The minimum Gasteiger partial charge on any atom is -0.300 e. The van der Waals surface area contributed by atoms with Gasteiger partial charge in [0.1, 0.15) is 11.6 Å². The Balaban J connectivity index is 5.03. The molecule has 0 unspecified atom stereocenters. The highest BCUT2D eigenvalue weighted by molar-refractivity contribution is 5.76. The molecule has 0 aliphatic carbocycles. The smallest absolute Gasteiger partial charge is 0.130 e. The number of hydrogen-bond donors (Lipinski definition) is 0. The van der Waals surface area contributed by atoms with Crippen molar-refractivity contribution in [3.8, 4) is 0 Å². The standard InChI is InChI=1S/C22H38O2/c1-9-19(21(15(3)4)13-17(7)23)11-12-20(10-2)22(16(5)6)14-18(8)24/h9-10,15-16,19-22H,1-2,11-14H2,3-8H3/t19-,20+,21-,22+. The van der Waals surface area contributed by atoms with E-state index in [1.807, 2.05) is 12.2 Å². The Morgan fingerprint density at radius 2 is 1.04 bits per heavy atom. The maximum atomic E-state index is 11.6. The number of hydrogen-bond acceptors (Lipinski definition) is 2. The van der Waals surface area contributed by atoms with Crippen molar-refractivity contribution < 1.29 is 9.59 Å². The second kappa shape index (κ2) is 11.4. The highest BCUT2D eigenvalue weighted by atomic mass is 16.1. The van der Waals surface area contributed by atoms with Crippen molar-refractivity contribution in [2.45, 2.75) is 67.2 Å². The summed E-state index contributed by atoms with van der Waals surface area (Å²) in [6, 6.07) is 0. The van der Waals surface area contributed by atoms with Crippen LogP contribution in [0.1, 0.15) is 67.2 Å². The van der Waals surface area contributed by atoms with Crippen molar-refractivity contribution >= 4 is 11.6 Å². The van der Waals surface area contributed by atoms with Crippen LogP contribution < -0.4 is 0 Å². The molecule has 0 saturated carbocycles. The van der Waals surface area contributed by atoms with Crippen LogP contribution in [0, 0.1) is 35.5 Å². The lowest BCUT2D eigenvalue weighted by Gasteiger charge is -2.31. The van der Waals surface area contributed by atoms with E-state index in [1.54, 1.807) is 13.8 Å². The van der Waals surface area contributed by atoms with E-state index in [-0.39, 0.29) is 11.6 Å². The van der Waals surface area contributed by atoms with Gasteiger partial charge in [-0.1, -0.05) is 39.8 Å². The van der Waals surface area contributed by atoms with Crippen molar-refractivity contribution in [2.24, 2.45) is 35.5 Å². The molecule has 138 valence electrons. The summed E-state index contributed by atoms with van der Waals surface area (Å²) in [5.74, 6) is 2.76. The number of rotatable bonds is 13. The van der Waals surface area contributed by atoms with E-state index >= 15 is 0 Å². The summed E-state index contributed by atoms with van der Waals surface area (Å²) >= 11 is 0. The van der Waals surface area contributed by atoms with E-state index in [9.17, 15) is 9.59 Å². The lowest BCUT2D eigenvalue weighted by Crippen LogP contribution is -2.25. The van der Waals surface area contributed by atoms with Crippen LogP contribution in [0.2, 0.25) is 0 Å². The molecule has 0 saturated heterocycles. The van der Waals surface area contributed by atoms with Crippen LogP contribution in [0.3, 0.4) is 0 Å². The second-order valence-electron chi connectivity index (χ2n) is 8.00. The SMILES string of the molecule is C=C[C@H](CC[C@H](C=C)[C@@H](CC(C)=O)C(C)C)[C@H](CC(C)=O)C(C)C. The van der Waals surface area contributed by atoms with Crippen LogP contribution in [-0.4, -0.2) is 11.6 Å². The van der Waals surface area contributed by atoms with Crippen molar-refractivity contribution in [2.75, 3.05) is 0 Å². The number of ketones is 2. The zero-order valence-corrected chi connectivity index (χ0v) is 16.7. The van der Waals surface area contributed by atoms with Crippen molar-refractivity contribution in [1.82, 2.24) is 0 Å². The molecule has 0 N–H and O–H groups in total. The summed E-state index contributed by atoms with van der Waals surface area (Å²) in [5.41, 5.74) is 0. The number of allylic oxidation sites excluding steroid dienone is 2. The maximum Gasteiger partial charge on any atom is 0.130 e. The van der Waals surface area contributed by atoms with Crippen molar-refractivity contribution in [1.29, 1.82) is 0 Å². The normalized spacial score (nSPS) is 16.5. The first kappa shape index (κ1) is 22.8. The molecule has 2 heteroatoms. The van der Waals surface area contributed by atoms with E-state index in [1.165, 1.54) is 0 Å². The molecule has 0 aromatic rings. The molecule has 0 aliphatic rings. The summed E-state index contributed by atoms with van der Waals surface area (Å²) < 4.78 is 0. The van der Waals surface area contributed by atoms with E-state index in [0.29, 0.717) is 48.3 Å². The topological polar surface area (TPSA) is 34.1 Å². The monoisotopic (exact) mass is 334 g/mol. The first-order valence-corrected chi connectivity index (χ1v) is 9.37.